The van der Waals surface area contributed by atoms with Gasteiger partial charge in [0.25, 0.3) is 0 Å². The van der Waals surface area contributed by atoms with E-state index >= 15 is 0 Å². The number of hydrogen-bond donors (Lipinski definition) is 0. The monoisotopic (exact) mass is 150 g/mol. The number of rotatable bonds is 0. The van der Waals surface area contributed by atoms with Crippen molar-refractivity contribution in [1.82, 2.24) is 0 Å². The Bertz CT molecular complexity index is 6.85. The van der Waals surface area contributed by atoms with Crippen LogP contribution < -0.4 is 0 Å². The molecule has 0 N–H and O–H groups in total. The average Bonchev–Trinajstić information content (AvgIpc) is 0.918. The van der Waals surface area contributed by atoms with Crippen LogP contribution in [0.4, 0.5) is 0 Å². The summed E-state index contributed by atoms with van der Waals surface area (Å²) in [6, 6.07) is 0. The second kappa shape index (κ2) is 19.6. The molecule has 0 saturated carbocycles. The fourth-order valence-electron chi connectivity index (χ4n) is 0. The predicted molar refractivity (Wildman–Crippen MR) is 19.1 cm³/mol. The van der Waals surface area contributed by atoms with Crippen LogP contribution in [0, 0.1) is 7.11 Å². The summed E-state index contributed by atoms with van der Waals surface area (Å²) in [6.45, 7) is 0. The van der Waals surface area contributed by atoms with Crippen molar-refractivity contribution in [1.29, 1.82) is 0 Å². The zero-order chi connectivity index (χ0) is 2.71. The molecule has 0 heterocycles. The van der Waals surface area contributed by atoms with Gasteiger partial charge in [-0.3, -0.25) is 0 Å². The first kappa shape index (κ1) is 16.6. The van der Waals surface area contributed by atoms with Gasteiger partial charge in [0.15, 0.2) is 0 Å². The van der Waals surface area contributed by atoms with Crippen molar-refractivity contribution in [2.45, 2.75) is 7.43 Å². The van der Waals surface area contributed by atoms with Crippen molar-refractivity contribution in [2.75, 3.05) is 7.11 Å². The SMILES string of the molecule is C.[CH2-]OC.[Y]. The molecule has 0 aromatic heterocycles. The van der Waals surface area contributed by atoms with E-state index in [4.69, 9.17) is 0 Å². The van der Waals surface area contributed by atoms with Crippen LogP contribution >= 0.6 is 0 Å². The minimum atomic E-state index is 0. The molecule has 0 unspecified atom stereocenters. The zero-order valence-electron chi connectivity index (χ0n) is 2.69. The van der Waals surface area contributed by atoms with Gasteiger partial charge in [0, 0.05) is 32.7 Å². The van der Waals surface area contributed by atoms with E-state index in [1.807, 2.05) is 0 Å². The summed E-state index contributed by atoms with van der Waals surface area (Å²) >= 11 is 0. The molecule has 0 aromatic carbocycles. The van der Waals surface area contributed by atoms with Crippen molar-refractivity contribution in [3.63, 3.8) is 0 Å². The Morgan fingerprint density at radius 2 is 1.60 bits per heavy atom. The predicted octanol–water partition coefficient (Wildman–Crippen LogP) is 1.06. The van der Waals surface area contributed by atoms with E-state index in [2.05, 4.69) is 11.8 Å². The van der Waals surface area contributed by atoms with Crippen LogP contribution in [0.15, 0.2) is 0 Å². The van der Waals surface area contributed by atoms with Gasteiger partial charge in [0.1, 0.15) is 0 Å². The molecule has 1 nitrogen and oxygen atoms in total. The maximum absolute atomic E-state index is 4.00. The first-order valence-corrected chi connectivity index (χ1v) is 0.697. The van der Waals surface area contributed by atoms with Crippen molar-refractivity contribution in [2.24, 2.45) is 0 Å². The van der Waals surface area contributed by atoms with Gasteiger partial charge in [0.05, 0.1) is 0 Å². The maximum Gasteiger partial charge on any atom is 0 e. The zero-order valence-corrected chi connectivity index (χ0v) is 5.53. The molecule has 0 aromatic rings. The Labute approximate surface area is 59.0 Å². The van der Waals surface area contributed by atoms with E-state index in [0.29, 0.717) is 0 Å². The molecule has 0 rings (SSSR count). The van der Waals surface area contributed by atoms with Crippen LogP contribution in [0.25, 0.3) is 0 Å². The summed E-state index contributed by atoms with van der Waals surface area (Å²) in [4.78, 5) is 0. The van der Waals surface area contributed by atoms with Gasteiger partial charge in [-0.05, 0) is 7.11 Å². The standard InChI is InChI=1S/C2H5O.CH4.Y/c1-3-2;;/h1H2,2H3;1H4;/q-1;;. The molecule has 0 fully saturated rings. The van der Waals surface area contributed by atoms with Crippen LogP contribution in [-0.2, 0) is 37.4 Å². The largest absolute Gasteiger partial charge is 0.557 e. The van der Waals surface area contributed by atoms with E-state index in [9.17, 15) is 0 Å². The van der Waals surface area contributed by atoms with Crippen molar-refractivity contribution >= 4 is 0 Å². The molecule has 1 radical (unpaired) electrons. The van der Waals surface area contributed by atoms with Crippen molar-refractivity contribution in [3.05, 3.63) is 7.11 Å². The maximum atomic E-state index is 4.00. The summed E-state index contributed by atoms with van der Waals surface area (Å²) in [7, 11) is 4.50. The number of hydrogen-bond acceptors (Lipinski definition) is 1. The third-order valence-corrected chi connectivity index (χ3v) is 0. The van der Waals surface area contributed by atoms with E-state index in [0.717, 1.165) is 0 Å². The van der Waals surface area contributed by atoms with Crippen LogP contribution in [0.2, 0.25) is 0 Å². The van der Waals surface area contributed by atoms with Crippen LogP contribution in [0.3, 0.4) is 0 Å². The molecule has 0 aliphatic carbocycles. The molecule has 31 valence electrons. The van der Waals surface area contributed by atoms with Gasteiger partial charge >= 0.3 is 0 Å². The summed E-state index contributed by atoms with van der Waals surface area (Å²) in [5, 5.41) is 0. The summed E-state index contributed by atoms with van der Waals surface area (Å²) in [5.74, 6) is 0. The van der Waals surface area contributed by atoms with Crippen molar-refractivity contribution < 1.29 is 37.4 Å². The number of methoxy groups -OCH3 is 1. The molecule has 0 spiro atoms. The van der Waals surface area contributed by atoms with E-state index in [1.165, 1.54) is 7.11 Å². The van der Waals surface area contributed by atoms with Crippen LogP contribution in [-0.4, -0.2) is 7.11 Å². The van der Waals surface area contributed by atoms with E-state index in [1.54, 1.807) is 0 Å². The van der Waals surface area contributed by atoms with E-state index < -0.39 is 0 Å². The first-order chi connectivity index (χ1) is 1.41. The minimum absolute atomic E-state index is 0. The fourth-order valence-corrected chi connectivity index (χ4v) is 0. The molecule has 5 heavy (non-hydrogen) atoms. The Morgan fingerprint density at radius 3 is 1.60 bits per heavy atom. The molecular formula is C3H9OY-. The molecule has 2 heteroatoms. The summed E-state index contributed by atoms with van der Waals surface area (Å²) in [6.07, 6.45) is 0. The smallest absolute Gasteiger partial charge is 0 e. The van der Waals surface area contributed by atoms with Gasteiger partial charge in [0.2, 0.25) is 0 Å². The first-order valence-electron chi connectivity index (χ1n) is 0.697. The molecule has 0 aliphatic rings. The molecule has 0 saturated heterocycles. The average molecular weight is 150 g/mol. The minimum Gasteiger partial charge on any atom is -0.557 e. The Morgan fingerprint density at radius 1 is 1.60 bits per heavy atom. The Balaban J connectivity index is -0.0000000200. The van der Waals surface area contributed by atoms with Gasteiger partial charge in [-0.2, -0.15) is 0 Å². The third kappa shape index (κ3) is 42.0. The van der Waals surface area contributed by atoms with Gasteiger partial charge in [-0.25, -0.2) is 7.11 Å². The van der Waals surface area contributed by atoms with Crippen LogP contribution in [0.1, 0.15) is 7.43 Å². The second-order valence-electron chi connectivity index (χ2n) is 0.289. The normalized spacial score (nSPS) is 3.60. The third-order valence-electron chi connectivity index (χ3n) is 0. The second-order valence-corrected chi connectivity index (χ2v) is 0.289. The molecular weight excluding hydrogens is 141 g/mol. The topological polar surface area (TPSA) is 9.23 Å². The Hall–Kier alpha value is 1.06. The summed E-state index contributed by atoms with van der Waals surface area (Å²) < 4.78 is 4.00. The molecule has 0 amide bonds. The van der Waals surface area contributed by atoms with Gasteiger partial charge in [-0.15, -0.1) is 0 Å². The van der Waals surface area contributed by atoms with Crippen LogP contribution in [0.5, 0.6) is 0 Å². The quantitative estimate of drug-likeness (QED) is 0.469. The Kier molecular flexibility index (Phi) is 65.0. The molecule has 0 aliphatic heterocycles. The van der Waals surface area contributed by atoms with Gasteiger partial charge in [-0.1, -0.05) is 7.43 Å². The van der Waals surface area contributed by atoms with E-state index in [-0.39, 0.29) is 40.1 Å². The van der Waals surface area contributed by atoms with Gasteiger partial charge < -0.3 is 4.74 Å². The van der Waals surface area contributed by atoms with Crippen molar-refractivity contribution in [3.8, 4) is 0 Å². The summed E-state index contributed by atoms with van der Waals surface area (Å²) in [5.41, 5.74) is 0. The number of ether oxygens (including phenoxy) is 1. The molecule has 0 atom stereocenters. The molecule has 0 bridgehead atoms. The fraction of sp³-hybridized carbons (Fsp3) is 0.667.